The van der Waals surface area contributed by atoms with Crippen LogP contribution in [0.2, 0.25) is 18.1 Å². The van der Waals surface area contributed by atoms with Gasteiger partial charge in [-0.1, -0.05) is 84.7 Å². The number of rotatable bonds is 8. The highest BCUT2D eigenvalue weighted by Gasteiger charge is 2.42. The molecule has 2 aromatic carbocycles. The van der Waals surface area contributed by atoms with Crippen LogP contribution in [0.5, 0.6) is 0 Å². The highest BCUT2D eigenvalue weighted by atomic mass is 79.9. The quantitative estimate of drug-likeness (QED) is 0.360. The molecule has 6 heteroatoms. The molecule has 0 unspecified atom stereocenters. The first kappa shape index (κ1) is 24.5. The molecule has 0 aliphatic heterocycles. The molecule has 0 aromatic heterocycles. The Bertz CT molecular complexity index is 803. The molecular formula is C23H33BrO3SSi. The van der Waals surface area contributed by atoms with E-state index in [1.165, 1.54) is 0 Å². The molecule has 0 spiro atoms. The van der Waals surface area contributed by atoms with Gasteiger partial charge in [-0.25, -0.2) is 0 Å². The summed E-state index contributed by atoms with van der Waals surface area (Å²) in [5, 5.41) is 11.0. The van der Waals surface area contributed by atoms with E-state index in [0.29, 0.717) is 5.75 Å². The van der Waals surface area contributed by atoms with E-state index in [-0.39, 0.29) is 16.0 Å². The predicted octanol–water partition coefficient (Wildman–Crippen LogP) is 5.99. The Balaban J connectivity index is 2.29. The van der Waals surface area contributed by atoms with Crippen molar-refractivity contribution in [2.45, 2.75) is 67.8 Å². The van der Waals surface area contributed by atoms with Crippen LogP contribution in [0, 0.1) is 6.92 Å². The summed E-state index contributed by atoms with van der Waals surface area (Å²) in [6.07, 6.45) is -1.13. The fourth-order valence-corrected chi connectivity index (χ4v) is 6.43. The van der Waals surface area contributed by atoms with E-state index >= 15 is 0 Å². The average Bonchev–Trinajstić information content (AvgIpc) is 2.66. The maximum Gasteiger partial charge on any atom is 0.192 e. The van der Waals surface area contributed by atoms with Crippen molar-refractivity contribution in [3.05, 3.63) is 65.7 Å². The fraction of sp³-hybridized carbons (Fsp3) is 0.478. The molecule has 29 heavy (non-hydrogen) atoms. The van der Waals surface area contributed by atoms with E-state index < -0.39 is 25.2 Å². The highest BCUT2D eigenvalue weighted by Crippen LogP contribution is 2.39. The molecule has 0 heterocycles. The second kappa shape index (κ2) is 10.0. The zero-order chi connectivity index (χ0) is 21.8. The van der Waals surface area contributed by atoms with Gasteiger partial charge in [0.2, 0.25) is 0 Å². The molecule has 0 aliphatic rings. The number of halogens is 1. The molecule has 0 amide bonds. The van der Waals surface area contributed by atoms with E-state index in [9.17, 15) is 9.32 Å². The van der Waals surface area contributed by atoms with Gasteiger partial charge in [0.15, 0.2) is 8.32 Å². The largest absolute Gasteiger partial charge is 0.412 e. The highest BCUT2D eigenvalue weighted by molar-refractivity contribution is 9.09. The van der Waals surface area contributed by atoms with E-state index in [1.807, 2.05) is 61.5 Å². The van der Waals surface area contributed by atoms with Gasteiger partial charge in [0.25, 0.3) is 0 Å². The van der Waals surface area contributed by atoms with Crippen molar-refractivity contribution in [3.63, 3.8) is 0 Å². The van der Waals surface area contributed by atoms with Crippen LogP contribution in [0.25, 0.3) is 0 Å². The minimum absolute atomic E-state index is 0.0149. The lowest BCUT2D eigenvalue weighted by atomic mass is 10.0. The van der Waals surface area contributed by atoms with Crippen LogP contribution >= 0.6 is 15.9 Å². The lowest BCUT2D eigenvalue weighted by molar-refractivity contribution is 0.108. The van der Waals surface area contributed by atoms with Gasteiger partial charge in [0.05, 0.1) is 33.6 Å². The van der Waals surface area contributed by atoms with Crippen LogP contribution in [0.1, 0.15) is 38.0 Å². The molecule has 0 bridgehead atoms. The number of hydrogen-bond donors (Lipinski definition) is 1. The third-order valence-corrected chi connectivity index (χ3v) is 12.7. The topological polar surface area (TPSA) is 46.5 Å². The minimum Gasteiger partial charge on any atom is -0.412 e. The molecule has 2 rings (SSSR count). The van der Waals surface area contributed by atoms with E-state index in [0.717, 1.165) is 16.0 Å². The number of alkyl halides is 1. The van der Waals surface area contributed by atoms with Crippen LogP contribution in [0.4, 0.5) is 0 Å². The Morgan fingerprint density at radius 2 is 1.62 bits per heavy atom. The maximum absolute atomic E-state index is 13.1. The molecule has 2 aromatic rings. The van der Waals surface area contributed by atoms with Crippen molar-refractivity contribution >= 4 is 35.0 Å². The van der Waals surface area contributed by atoms with Gasteiger partial charge >= 0.3 is 0 Å². The smallest absolute Gasteiger partial charge is 0.192 e. The van der Waals surface area contributed by atoms with Crippen molar-refractivity contribution in [3.8, 4) is 0 Å². The molecule has 4 atom stereocenters. The van der Waals surface area contributed by atoms with Crippen LogP contribution in [-0.2, 0) is 15.2 Å². The number of aliphatic hydroxyl groups excluding tert-OH is 1. The lowest BCUT2D eigenvalue weighted by Crippen LogP contribution is -2.48. The average molecular weight is 498 g/mol. The van der Waals surface area contributed by atoms with Gasteiger partial charge in [-0.2, -0.15) is 0 Å². The third-order valence-electron chi connectivity index (χ3n) is 5.65. The number of aliphatic hydroxyl groups is 1. The van der Waals surface area contributed by atoms with Crippen LogP contribution in [0.15, 0.2) is 59.5 Å². The van der Waals surface area contributed by atoms with Crippen molar-refractivity contribution in [2.24, 2.45) is 0 Å². The zero-order valence-electron chi connectivity index (χ0n) is 18.2. The van der Waals surface area contributed by atoms with Crippen molar-refractivity contribution in [1.29, 1.82) is 0 Å². The Morgan fingerprint density at radius 3 is 2.14 bits per heavy atom. The lowest BCUT2D eigenvalue weighted by Gasteiger charge is -2.41. The maximum atomic E-state index is 13.1. The number of aryl methyl sites for hydroxylation is 1. The van der Waals surface area contributed by atoms with Gasteiger partial charge in [-0.15, -0.1) is 0 Å². The second-order valence-corrected chi connectivity index (χ2v) is 16.4. The van der Waals surface area contributed by atoms with Crippen molar-refractivity contribution in [1.82, 2.24) is 0 Å². The number of benzene rings is 2. The SMILES string of the molecule is Cc1ccc([S@@](=O)C[C@H](O[Si](C)(C)C(C)(C)C)[C@H](Br)[C@H](O)c2ccccc2)cc1. The first-order valence-corrected chi connectivity index (χ1v) is 15.1. The summed E-state index contributed by atoms with van der Waals surface area (Å²) in [7, 11) is -3.35. The standard InChI is InChI=1S/C23H33BrO3SSi/c1-17-12-14-19(15-13-17)28(26)16-20(27-29(5,6)23(2,3)4)21(24)22(25)18-10-8-7-9-11-18/h7-15,20-22,25H,16H2,1-6H3/t20-,21-,22+,28-/m0/s1. The Kier molecular flexibility index (Phi) is 8.45. The van der Waals surface area contributed by atoms with Crippen LogP contribution in [0.3, 0.4) is 0 Å². The zero-order valence-corrected chi connectivity index (χ0v) is 21.6. The van der Waals surface area contributed by atoms with Gasteiger partial charge in [0, 0.05) is 4.90 Å². The number of hydrogen-bond acceptors (Lipinski definition) is 3. The molecule has 1 N–H and O–H groups in total. The van der Waals surface area contributed by atoms with E-state index in [1.54, 1.807) is 0 Å². The summed E-state index contributed by atoms with van der Waals surface area (Å²) in [5.74, 6) is 0.329. The molecular weight excluding hydrogens is 464 g/mol. The summed E-state index contributed by atoms with van der Waals surface area (Å²) in [4.78, 5) is 0.418. The first-order valence-electron chi connectivity index (χ1n) is 9.92. The Hall–Kier alpha value is -0.793. The summed E-state index contributed by atoms with van der Waals surface area (Å²) < 4.78 is 19.8. The van der Waals surface area contributed by atoms with Crippen molar-refractivity contribution < 1.29 is 13.7 Å². The predicted molar refractivity (Wildman–Crippen MR) is 129 cm³/mol. The summed E-state index contributed by atoms with van der Waals surface area (Å²) in [5.41, 5.74) is 1.96. The second-order valence-electron chi connectivity index (χ2n) is 9.04. The summed E-state index contributed by atoms with van der Waals surface area (Å²) in [6, 6.07) is 17.3. The molecule has 3 nitrogen and oxygen atoms in total. The monoisotopic (exact) mass is 496 g/mol. The fourth-order valence-electron chi connectivity index (χ4n) is 2.72. The van der Waals surface area contributed by atoms with E-state index in [4.69, 9.17) is 4.43 Å². The molecule has 160 valence electrons. The van der Waals surface area contributed by atoms with Gasteiger partial charge in [-0.05, 0) is 42.8 Å². The third kappa shape index (κ3) is 6.59. The van der Waals surface area contributed by atoms with Crippen LogP contribution < -0.4 is 0 Å². The van der Waals surface area contributed by atoms with Crippen molar-refractivity contribution in [2.75, 3.05) is 5.75 Å². The van der Waals surface area contributed by atoms with Gasteiger partial charge in [0.1, 0.15) is 0 Å². The van der Waals surface area contributed by atoms with Gasteiger partial charge < -0.3 is 9.53 Å². The minimum atomic E-state index is -2.13. The Labute approximate surface area is 187 Å². The van der Waals surface area contributed by atoms with E-state index in [2.05, 4.69) is 49.8 Å². The Morgan fingerprint density at radius 1 is 1.07 bits per heavy atom. The molecule has 0 radical (unpaired) electrons. The summed E-state index contributed by atoms with van der Waals surface area (Å²) in [6.45, 7) is 12.9. The summed E-state index contributed by atoms with van der Waals surface area (Å²) >= 11 is 3.69. The normalized spacial score (nSPS) is 16.8. The first-order chi connectivity index (χ1) is 13.4. The molecule has 0 saturated carbocycles. The van der Waals surface area contributed by atoms with Gasteiger partial charge in [-0.3, -0.25) is 4.21 Å². The molecule has 0 fully saturated rings. The molecule has 0 saturated heterocycles. The molecule has 0 aliphatic carbocycles. The van der Waals surface area contributed by atoms with Crippen LogP contribution in [-0.4, -0.2) is 34.3 Å².